The molecular formula is C18H26ClF3N4O. The van der Waals surface area contributed by atoms with E-state index in [0.29, 0.717) is 49.3 Å². The Labute approximate surface area is 162 Å². The summed E-state index contributed by atoms with van der Waals surface area (Å²) in [6.45, 7) is 1.33. The monoisotopic (exact) mass is 406 g/mol. The van der Waals surface area contributed by atoms with Gasteiger partial charge in [-0.05, 0) is 43.0 Å². The summed E-state index contributed by atoms with van der Waals surface area (Å²) in [4.78, 5) is 5.61. The van der Waals surface area contributed by atoms with Gasteiger partial charge in [0.25, 0.3) is 0 Å². The Morgan fingerprint density at radius 1 is 1.37 bits per heavy atom. The van der Waals surface area contributed by atoms with Crippen molar-refractivity contribution in [3.63, 3.8) is 0 Å². The lowest BCUT2D eigenvalue weighted by molar-refractivity contribution is -0.143. The van der Waals surface area contributed by atoms with Gasteiger partial charge < -0.3 is 15.4 Å². The van der Waals surface area contributed by atoms with E-state index in [0.717, 1.165) is 12.0 Å². The zero-order valence-corrected chi connectivity index (χ0v) is 16.3. The number of nitrogens with zero attached hydrogens (tertiary/aromatic N) is 2. The molecule has 1 aliphatic rings. The second-order valence-electron chi connectivity index (χ2n) is 6.59. The Hall–Kier alpha value is -1.67. The lowest BCUT2D eigenvalue weighted by Gasteiger charge is -2.18. The third kappa shape index (κ3) is 7.46. The molecule has 9 heteroatoms. The molecule has 0 amide bonds. The minimum absolute atomic E-state index is 0.182. The molecule has 0 radical (unpaired) electrons. The van der Waals surface area contributed by atoms with Crippen molar-refractivity contribution in [2.45, 2.75) is 19.0 Å². The van der Waals surface area contributed by atoms with Crippen LogP contribution < -0.4 is 15.4 Å². The standard InChI is InChI=1S/C18H26ClF3N4O/c1-23-17(24-7-5-14-3-4-15(27-2)9-16(14)19)25-10-13-6-8-26(11-13)12-18(20,21)22/h3-4,9,13H,5-8,10-12H2,1-2H3,(H2,23,24,25). The average Bonchev–Trinajstić information content (AvgIpc) is 3.04. The Kier molecular flexibility index (Phi) is 8.04. The Morgan fingerprint density at radius 3 is 2.78 bits per heavy atom. The van der Waals surface area contributed by atoms with Crippen LogP contribution in [0.5, 0.6) is 5.75 Å². The van der Waals surface area contributed by atoms with Gasteiger partial charge in [-0.1, -0.05) is 17.7 Å². The second-order valence-corrected chi connectivity index (χ2v) is 7.00. The van der Waals surface area contributed by atoms with Crippen molar-refractivity contribution in [2.75, 3.05) is 46.9 Å². The zero-order chi connectivity index (χ0) is 19.9. The summed E-state index contributed by atoms with van der Waals surface area (Å²) in [7, 11) is 3.26. The summed E-state index contributed by atoms with van der Waals surface area (Å²) < 4.78 is 42.5. The van der Waals surface area contributed by atoms with Gasteiger partial charge in [0.15, 0.2) is 5.96 Å². The minimum Gasteiger partial charge on any atom is -0.497 e. The molecule has 1 unspecified atom stereocenters. The molecule has 27 heavy (non-hydrogen) atoms. The van der Waals surface area contributed by atoms with Gasteiger partial charge >= 0.3 is 6.18 Å². The Morgan fingerprint density at radius 2 is 2.15 bits per heavy atom. The molecule has 1 aliphatic heterocycles. The van der Waals surface area contributed by atoms with Gasteiger partial charge in [0.1, 0.15) is 5.75 Å². The molecule has 0 saturated carbocycles. The fourth-order valence-electron chi connectivity index (χ4n) is 3.11. The third-order valence-electron chi connectivity index (χ3n) is 4.50. The van der Waals surface area contributed by atoms with Gasteiger partial charge in [0.2, 0.25) is 0 Å². The molecule has 1 saturated heterocycles. The summed E-state index contributed by atoms with van der Waals surface area (Å²) in [6.07, 6.45) is -2.67. The summed E-state index contributed by atoms with van der Waals surface area (Å²) in [5.41, 5.74) is 0.999. The molecule has 1 heterocycles. The lowest BCUT2D eigenvalue weighted by atomic mass is 10.1. The number of rotatable bonds is 7. The van der Waals surface area contributed by atoms with Crippen LogP contribution in [0.3, 0.4) is 0 Å². The van der Waals surface area contributed by atoms with Crippen LogP contribution >= 0.6 is 11.6 Å². The quantitative estimate of drug-likeness (QED) is 0.540. The number of alkyl halides is 3. The zero-order valence-electron chi connectivity index (χ0n) is 15.6. The van der Waals surface area contributed by atoms with Crippen molar-refractivity contribution in [1.29, 1.82) is 0 Å². The third-order valence-corrected chi connectivity index (χ3v) is 4.85. The van der Waals surface area contributed by atoms with Gasteiger partial charge in [-0.25, -0.2) is 0 Å². The molecule has 0 spiro atoms. The number of nitrogens with one attached hydrogen (secondary N) is 2. The topological polar surface area (TPSA) is 48.9 Å². The summed E-state index contributed by atoms with van der Waals surface area (Å²) >= 11 is 6.23. The summed E-state index contributed by atoms with van der Waals surface area (Å²) in [5, 5.41) is 7.04. The fraction of sp³-hybridized carbons (Fsp3) is 0.611. The van der Waals surface area contributed by atoms with E-state index in [1.54, 1.807) is 20.2 Å². The van der Waals surface area contributed by atoms with E-state index < -0.39 is 12.7 Å². The van der Waals surface area contributed by atoms with Crippen molar-refractivity contribution >= 4 is 17.6 Å². The highest BCUT2D eigenvalue weighted by atomic mass is 35.5. The number of hydrogen-bond donors (Lipinski definition) is 2. The Bertz CT molecular complexity index is 640. The molecule has 0 aromatic heterocycles. The highest BCUT2D eigenvalue weighted by Crippen LogP contribution is 2.23. The van der Waals surface area contributed by atoms with E-state index >= 15 is 0 Å². The van der Waals surface area contributed by atoms with Crippen LogP contribution in [0.25, 0.3) is 0 Å². The van der Waals surface area contributed by atoms with Crippen molar-refractivity contribution in [3.05, 3.63) is 28.8 Å². The predicted octanol–water partition coefficient (Wildman–Crippen LogP) is 2.94. The van der Waals surface area contributed by atoms with Crippen molar-refractivity contribution in [3.8, 4) is 5.75 Å². The van der Waals surface area contributed by atoms with Crippen molar-refractivity contribution < 1.29 is 17.9 Å². The summed E-state index contributed by atoms with van der Waals surface area (Å²) in [6, 6.07) is 5.56. The van der Waals surface area contributed by atoms with E-state index in [-0.39, 0.29) is 5.92 Å². The van der Waals surface area contributed by atoms with E-state index in [1.807, 2.05) is 12.1 Å². The first-order chi connectivity index (χ1) is 12.8. The molecule has 5 nitrogen and oxygen atoms in total. The molecule has 2 N–H and O–H groups in total. The van der Waals surface area contributed by atoms with Crippen molar-refractivity contribution in [2.24, 2.45) is 10.9 Å². The number of halogens is 4. The van der Waals surface area contributed by atoms with Gasteiger partial charge in [-0.2, -0.15) is 13.2 Å². The lowest BCUT2D eigenvalue weighted by Crippen LogP contribution is -2.41. The molecule has 152 valence electrons. The SMILES string of the molecule is CN=C(NCCc1ccc(OC)cc1Cl)NCC1CCN(CC(F)(F)F)C1. The van der Waals surface area contributed by atoms with Crippen molar-refractivity contribution in [1.82, 2.24) is 15.5 Å². The number of benzene rings is 1. The molecule has 1 atom stereocenters. The van der Waals surface area contributed by atoms with Gasteiger partial charge in [0, 0.05) is 31.7 Å². The highest BCUT2D eigenvalue weighted by molar-refractivity contribution is 6.31. The minimum atomic E-state index is -4.14. The molecule has 2 rings (SSSR count). The maximum Gasteiger partial charge on any atom is 0.401 e. The Balaban J connectivity index is 1.71. The van der Waals surface area contributed by atoms with E-state index in [1.165, 1.54) is 4.90 Å². The first kappa shape index (κ1) is 21.6. The molecule has 0 aliphatic carbocycles. The first-order valence-corrected chi connectivity index (χ1v) is 9.24. The van der Waals surface area contributed by atoms with Crippen LogP contribution in [0.2, 0.25) is 5.02 Å². The molecule has 1 aromatic rings. The number of likely N-dealkylation sites (tertiary alicyclic amines) is 1. The maximum atomic E-state index is 12.5. The van der Waals surface area contributed by atoms with Crippen LogP contribution in [-0.4, -0.2) is 63.9 Å². The largest absolute Gasteiger partial charge is 0.497 e. The van der Waals surface area contributed by atoms with Crippen LogP contribution in [0, 0.1) is 5.92 Å². The predicted molar refractivity (Wildman–Crippen MR) is 102 cm³/mol. The fourth-order valence-corrected chi connectivity index (χ4v) is 3.38. The molecule has 0 bridgehead atoms. The smallest absolute Gasteiger partial charge is 0.401 e. The summed E-state index contributed by atoms with van der Waals surface area (Å²) in [5.74, 6) is 1.53. The molecule has 1 aromatic carbocycles. The number of hydrogen-bond acceptors (Lipinski definition) is 3. The molecular weight excluding hydrogens is 381 g/mol. The van der Waals surface area contributed by atoms with Gasteiger partial charge in [-0.3, -0.25) is 9.89 Å². The van der Waals surface area contributed by atoms with E-state index in [9.17, 15) is 13.2 Å². The van der Waals surface area contributed by atoms with Crippen LogP contribution in [-0.2, 0) is 6.42 Å². The number of aliphatic imine (C=N–C) groups is 1. The second kappa shape index (κ2) is 10.0. The number of methoxy groups -OCH3 is 1. The normalized spacial score (nSPS) is 18.6. The van der Waals surface area contributed by atoms with Crippen LogP contribution in [0.15, 0.2) is 23.2 Å². The first-order valence-electron chi connectivity index (χ1n) is 8.86. The average molecular weight is 407 g/mol. The molecule has 1 fully saturated rings. The number of guanidine groups is 1. The van der Waals surface area contributed by atoms with Crippen LogP contribution in [0.4, 0.5) is 13.2 Å². The highest BCUT2D eigenvalue weighted by Gasteiger charge is 2.34. The van der Waals surface area contributed by atoms with Gasteiger partial charge in [0.05, 0.1) is 13.7 Å². The van der Waals surface area contributed by atoms with Crippen LogP contribution in [0.1, 0.15) is 12.0 Å². The van der Waals surface area contributed by atoms with E-state index in [2.05, 4.69) is 15.6 Å². The van der Waals surface area contributed by atoms with Gasteiger partial charge in [-0.15, -0.1) is 0 Å². The number of ether oxygens (including phenoxy) is 1. The maximum absolute atomic E-state index is 12.5. The van der Waals surface area contributed by atoms with E-state index in [4.69, 9.17) is 16.3 Å².